The maximum Gasteiger partial charge on any atom is 0.305 e. The molecule has 0 fully saturated rings. The Balaban J connectivity index is 4.47. The molecular formula is C7H11NO3S. The van der Waals surface area contributed by atoms with E-state index in [4.69, 9.17) is 5.26 Å². The first-order valence-electron chi connectivity index (χ1n) is 3.35. The van der Waals surface area contributed by atoms with Crippen LogP contribution < -0.4 is 0 Å². The Morgan fingerprint density at radius 1 is 1.58 bits per heavy atom. The van der Waals surface area contributed by atoms with Gasteiger partial charge in [-0.3, -0.25) is 0 Å². The summed E-state index contributed by atoms with van der Waals surface area (Å²) in [7, 11) is -3.49. The van der Waals surface area contributed by atoms with E-state index in [1.54, 1.807) is 13.8 Å². The molecule has 0 heterocycles. The highest BCUT2D eigenvalue weighted by Gasteiger charge is 2.04. The molecule has 12 heavy (non-hydrogen) atoms. The van der Waals surface area contributed by atoms with Gasteiger partial charge in [-0.15, -0.1) is 0 Å². The first-order valence-corrected chi connectivity index (χ1v) is 5.17. The Hall–Kier alpha value is -1.02. The van der Waals surface area contributed by atoms with Gasteiger partial charge in [0.25, 0.3) is 0 Å². The Morgan fingerprint density at radius 3 is 2.33 bits per heavy atom. The molecule has 68 valence electrons. The Bertz CT molecular complexity index is 308. The number of hydrogen-bond donors (Lipinski definition) is 0. The van der Waals surface area contributed by atoms with Crippen LogP contribution in [0.15, 0.2) is 11.8 Å². The van der Waals surface area contributed by atoms with Crippen LogP contribution in [0.4, 0.5) is 0 Å². The van der Waals surface area contributed by atoms with Crippen molar-refractivity contribution >= 4 is 10.1 Å². The molecule has 0 spiro atoms. The van der Waals surface area contributed by atoms with E-state index in [9.17, 15) is 8.42 Å². The van der Waals surface area contributed by atoms with Gasteiger partial charge >= 0.3 is 10.1 Å². The molecule has 0 aliphatic heterocycles. The summed E-state index contributed by atoms with van der Waals surface area (Å²) >= 11 is 0. The lowest BCUT2D eigenvalue weighted by Crippen LogP contribution is -1.99. The average Bonchev–Trinajstić information content (AvgIpc) is 1.85. The predicted octanol–water partition coefficient (Wildman–Crippen LogP) is 1.03. The van der Waals surface area contributed by atoms with E-state index in [1.807, 2.05) is 6.07 Å². The number of rotatable bonds is 3. The maximum absolute atomic E-state index is 10.5. The van der Waals surface area contributed by atoms with Gasteiger partial charge in [0.15, 0.2) is 0 Å². The summed E-state index contributed by atoms with van der Waals surface area (Å²) in [5.74, 6) is -0.0308. The van der Waals surface area contributed by atoms with Crippen molar-refractivity contribution in [2.24, 2.45) is 5.92 Å². The Labute approximate surface area is 72.6 Å². The molecule has 0 saturated carbocycles. The number of nitrogens with zero attached hydrogens (tertiary/aromatic N) is 1. The van der Waals surface area contributed by atoms with E-state index < -0.39 is 10.1 Å². The molecule has 0 atom stereocenters. The van der Waals surface area contributed by atoms with E-state index in [-0.39, 0.29) is 5.92 Å². The first kappa shape index (κ1) is 11.0. The third kappa shape index (κ3) is 4.74. The Morgan fingerprint density at radius 2 is 2.08 bits per heavy atom. The second-order valence-corrected chi connectivity index (χ2v) is 4.24. The lowest BCUT2D eigenvalue weighted by molar-refractivity contribution is 0.443. The molecule has 0 saturated heterocycles. The van der Waals surface area contributed by atoms with Crippen LogP contribution in [0, 0.1) is 17.2 Å². The summed E-state index contributed by atoms with van der Waals surface area (Å²) in [4.78, 5) is 0. The standard InChI is InChI=1S/C7H11NO3S/c1-6(2)7(4-8)5-11-12(3,9)10/h5-6H,1-3H3/b7-5+. The van der Waals surface area contributed by atoms with Crippen molar-refractivity contribution in [3.63, 3.8) is 0 Å². The van der Waals surface area contributed by atoms with Gasteiger partial charge in [0, 0.05) is 0 Å². The SMILES string of the molecule is CC(C)/C(C#N)=C/OS(C)(=O)=O. The summed E-state index contributed by atoms with van der Waals surface area (Å²) in [5, 5.41) is 8.50. The van der Waals surface area contributed by atoms with Crippen molar-refractivity contribution in [2.75, 3.05) is 6.26 Å². The summed E-state index contributed by atoms with van der Waals surface area (Å²) in [5.41, 5.74) is 0.306. The minimum Gasteiger partial charge on any atom is -0.390 e. The molecule has 0 bridgehead atoms. The molecule has 5 heteroatoms. The van der Waals surface area contributed by atoms with Gasteiger partial charge in [-0.1, -0.05) is 13.8 Å². The molecular weight excluding hydrogens is 178 g/mol. The van der Waals surface area contributed by atoms with Crippen molar-refractivity contribution in [1.82, 2.24) is 0 Å². The fourth-order valence-electron chi connectivity index (χ4n) is 0.431. The molecule has 0 unspecified atom stereocenters. The van der Waals surface area contributed by atoms with Gasteiger partial charge in [0.05, 0.1) is 17.9 Å². The van der Waals surface area contributed by atoms with E-state index in [0.29, 0.717) is 5.57 Å². The summed E-state index contributed by atoms with van der Waals surface area (Å²) in [6.07, 6.45) is 1.90. The summed E-state index contributed by atoms with van der Waals surface area (Å²) in [6, 6.07) is 1.85. The highest BCUT2D eigenvalue weighted by molar-refractivity contribution is 7.86. The summed E-state index contributed by atoms with van der Waals surface area (Å²) < 4.78 is 25.3. The molecule has 4 nitrogen and oxygen atoms in total. The van der Waals surface area contributed by atoms with E-state index in [2.05, 4.69) is 4.18 Å². The molecule has 0 amide bonds. The van der Waals surface area contributed by atoms with Crippen molar-refractivity contribution < 1.29 is 12.6 Å². The molecule has 0 rings (SSSR count). The van der Waals surface area contributed by atoms with Gasteiger partial charge in [-0.25, -0.2) is 0 Å². The first-order chi connectivity index (χ1) is 5.37. The lowest BCUT2D eigenvalue weighted by Gasteiger charge is -2.01. The smallest absolute Gasteiger partial charge is 0.305 e. The number of nitriles is 1. The number of allylic oxidation sites excluding steroid dienone is 1. The average molecular weight is 189 g/mol. The number of hydrogen-bond acceptors (Lipinski definition) is 4. The van der Waals surface area contributed by atoms with Crippen LogP contribution in [0.2, 0.25) is 0 Å². The van der Waals surface area contributed by atoms with Crippen LogP contribution in [-0.2, 0) is 14.3 Å². The molecule has 0 aromatic heterocycles. The second kappa shape index (κ2) is 4.12. The second-order valence-electron chi connectivity index (χ2n) is 2.64. The zero-order valence-electron chi connectivity index (χ0n) is 7.23. The molecule has 0 aliphatic carbocycles. The van der Waals surface area contributed by atoms with Crippen LogP contribution in [0.3, 0.4) is 0 Å². The van der Waals surface area contributed by atoms with Gasteiger partial charge < -0.3 is 4.18 Å². The lowest BCUT2D eigenvalue weighted by atomic mass is 10.1. The van der Waals surface area contributed by atoms with Crippen molar-refractivity contribution in [3.05, 3.63) is 11.8 Å². The van der Waals surface area contributed by atoms with Crippen molar-refractivity contribution in [2.45, 2.75) is 13.8 Å². The van der Waals surface area contributed by atoms with Gasteiger partial charge in [0.2, 0.25) is 0 Å². The van der Waals surface area contributed by atoms with Gasteiger partial charge in [-0.05, 0) is 5.92 Å². The largest absolute Gasteiger partial charge is 0.390 e. The Kier molecular flexibility index (Phi) is 3.77. The topological polar surface area (TPSA) is 67.2 Å². The van der Waals surface area contributed by atoms with Crippen molar-refractivity contribution in [1.29, 1.82) is 5.26 Å². The van der Waals surface area contributed by atoms with E-state index >= 15 is 0 Å². The highest BCUT2D eigenvalue weighted by atomic mass is 32.2. The third-order valence-corrected chi connectivity index (χ3v) is 1.55. The van der Waals surface area contributed by atoms with Crippen LogP contribution in [0.1, 0.15) is 13.8 Å². The zero-order valence-corrected chi connectivity index (χ0v) is 8.05. The van der Waals surface area contributed by atoms with E-state index in [1.165, 1.54) is 0 Å². The van der Waals surface area contributed by atoms with Crippen LogP contribution in [0.25, 0.3) is 0 Å². The predicted molar refractivity (Wildman–Crippen MR) is 44.5 cm³/mol. The maximum atomic E-state index is 10.5. The normalized spacial score (nSPS) is 12.8. The monoisotopic (exact) mass is 189 g/mol. The molecule has 0 aliphatic rings. The third-order valence-electron chi connectivity index (χ3n) is 1.10. The van der Waals surface area contributed by atoms with Crippen LogP contribution in [0.5, 0.6) is 0 Å². The van der Waals surface area contributed by atoms with Crippen molar-refractivity contribution in [3.8, 4) is 6.07 Å². The molecule has 0 radical (unpaired) electrons. The van der Waals surface area contributed by atoms with Gasteiger partial charge in [-0.2, -0.15) is 13.7 Å². The van der Waals surface area contributed by atoms with Crippen LogP contribution >= 0.6 is 0 Å². The zero-order chi connectivity index (χ0) is 9.78. The minimum atomic E-state index is -3.49. The minimum absolute atomic E-state index is 0.0308. The van der Waals surface area contributed by atoms with Crippen LogP contribution in [-0.4, -0.2) is 14.7 Å². The molecule has 0 aromatic rings. The quantitative estimate of drug-likeness (QED) is 0.377. The fourth-order valence-corrected chi connectivity index (χ4v) is 0.709. The summed E-state index contributed by atoms with van der Waals surface area (Å²) in [6.45, 7) is 3.56. The molecule has 0 aromatic carbocycles. The molecule has 0 N–H and O–H groups in total. The van der Waals surface area contributed by atoms with Gasteiger partial charge in [0.1, 0.15) is 6.26 Å². The van der Waals surface area contributed by atoms with E-state index in [0.717, 1.165) is 12.5 Å². The fraction of sp³-hybridized carbons (Fsp3) is 0.571. The highest BCUT2D eigenvalue weighted by Crippen LogP contribution is 2.08.